The minimum Gasteiger partial charge on any atom is -1.00 e. The van der Waals surface area contributed by atoms with Crippen LogP contribution < -0.4 is 24.8 Å². The Kier molecular flexibility index (Phi) is 16.1. The van der Waals surface area contributed by atoms with E-state index in [0.29, 0.717) is 0 Å². The van der Waals surface area contributed by atoms with E-state index in [4.69, 9.17) is 0 Å². The van der Waals surface area contributed by atoms with Gasteiger partial charge in [-0.3, -0.25) is 0 Å². The molecule has 0 aromatic heterocycles. The maximum atomic E-state index is 3.18. The van der Waals surface area contributed by atoms with E-state index in [1.54, 1.807) is 0 Å². The zero-order valence-corrected chi connectivity index (χ0v) is 26.7. The van der Waals surface area contributed by atoms with E-state index in [2.05, 4.69) is 121 Å². The van der Waals surface area contributed by atoms with Crippen molar-refractivity contribution in [1.29, 1.82) is 0 Å². The van der Waals surface area contributed by atoms with Gasteiger partial charge in [0.25, 0.3) is 0 Å². The molecule has 6 rings (SSSR count). The predicted molar refractivity (Wildman–Crippen MR) is 151 cm³/mol. The monoisotopic (exact) mass is 605 g/mol. The van der Waals surface area contributed by atoms with Crippen LogP contribution in [0.1, 0.15) is 31.9 Å². The van der Waals surface area contributed by atoms with Crippen LogP contribution in [0.25, 0.3) is 43.1 Å². The molecule has 0 bridgehead atoms. The van der Waals surface area contributed by atoms with Gasteiger partial charge >= 0.3 is 26.2 Å². The first kappa shape index (κ1) is 34.3. The van der Waals surface area contributed by atoms with Crippen molar-refractivity contribution in [3.05, 3.63) is 108 Å². The summed E-state index contributed by atoms with van der Waals surface area (Å²) in [6.45, 7) is 10.3. The summed E-state index contributed by atoms with van der Waals surface area (Å²) in [7, 11) is 3.18. The predicted octanol–water partition coefficient (Wildman–Crippen LogP) is 3.67. The Balaban J connectivity index is 0.000000541. The average Bonchev–Trinajstić information content (AvgIpc) is 3.42. The van der Waals surface area contributed by atoms with E-state index in [1.807, 2.05) is 20.8 Å². The minimum absolute atomic E-state index is 0. The van der Waals surface area contributed by atoms with Gasteiger partial charge in [0.2, 0.25) is 0 Å². The molecular weight excluding hydrogens is 575 g/mol. The van der Waals surface area contributed by atoms with Crippen molar-refractivity contribution in [3.63, 3.8) is 0 Å². The molecule has 36 heavy (non-hydrogen) atoms. The topological polar surface area (TPSA) is 0 Å². The van der Waals surface area contributed by atoms with Crippen LogP contribution in [-0.2, 0) is 26.2 Å². The minimum atomic E-state index is 0. The molecule has 0 heterocycles. The third-order valence-corrected chi connectivity index (χ3v) is 5.52. The van der Waals surface area contributed by atoms with Crippen molar-refractivity contribution >= 4 is 53.3 Å². The number of fused-ring (bicyclic) bond motifs is 6. The number of hydrogen-bond donors (Lipinski definition) is 0. The summed E-state index contributed by atoms with van der Waals surface area (Å²) < 4.78 is 0. The molecule has 0 aliphatic heterocycles. The molecular formula is C32H33Cl2SiZr. The normalized spacial score (nSPS) is 9.39. The first-order chi connectivity index (χ1) is 16.1. The largest absolute Gasteiger partial charge is 4.00 e. The number of aryl methyl sites for hydroxylation is 2. The van der Waals surface area contributed by atoms with Crippen LogP contribution in [0, 0.1) is 13.8 Å². The van der Waals surface area contributed by atoms with Gasteiger partial charge in [0.15, 0.2) is 0 Å². The fraction of sp³-hybridized carbons (Fsp3) is 0.188. The average molecular weight is 608 g/mol. The Hall–Kier alpha value is -1.70. The molecule has 0 nitrogen and oxygen atoms in total. The molecule has 6 aromatic rings. The second kappa shape index (κ2) is 16.9. The van der Waals surface area contributed by atoms with Gasteiger partial charge in [-0.1, -0.05) is 112 Å². The van der Waals surface area contributed by atoms with Gasteiger partial charge in [-0.25, -0.2) is 0 Å². The summed E-state index contributed by atoms with van der Waals surface area (Å²) in [6.07, 6.45) is 0. The van der Waals surface area contributed by atoms with E-state index < -0.39 is 0 Å². The number of rotatable bonds is 0. The molecule has 0 atom stereocenters. The van der Waals surface area contributed by atoms with Crippen LogP contribution >= 0.6 is 0 Å². The molecule has 0 aliphatic rings. The number of benzene rings is 4. The third kappa shape index (κ3) is 8.15. The molecule has 183 valence electrons. The van der Waals surface area contributed by atoms with E-state index in [-0.39, 0.29) is 51.0 Å². The van der Waals surface area contributed by atoms with Crippen LogP contribution in [0.2, 0.25) is 6.04 Å². The second-order valence-corrected chi connectivity index (χ2v) is 8.71. The van der Waals surface area contributed by atoms with Crippen molar-refractivity contribution in [2.24, 2.45) is 0 Å². The first-order valence-corrected chi connectivity index (χ1v) is 12.6. The Morgan fingerprint density at radius 2 is 0.917 bits per heavy atom. The summed E-state index contributed by atoms with van der Waals surface area (Å²) >= 11 is 0. The van der Waals surface area contributed by atoms with Crippen LogP contribution in [0.4, 0.5) is 0 Å². The van der Waals surface area contributed by atoms with Gasteiger partial charge in [-0.15, -0.1) is 56.9 Å². The van der Waals surface area contributed by atoms with Crippen LogP contribution in [0.15, 0.2) is 97.1 Å². The summed E-state index contributed by atoms with van der Waals surface area (Å²) in [5.41, 5.74) is 2.69. The van der Waals surface area contributed by atoms with E-state index >= 15 is 0 Å². The van der Waals surface area contributed by atoms with Crippen molar-refractivity contribution in [1.82, 2.24) is 0 Å². The molecule has 0 saturated heterocycles. The SMILES string of the molecule is CC.CC[Si].Cc1cc2c(ccc3ccccc32)[cH-]1.Cc1cc2c(ccc3ccccc32)[cH-]1.[Cl-].[Cl-].[Zr+4]. The zero-order chi connectivity index (χ0) is 23.8. The van der Waals surface area contributed by atoms with E-state index in [0.717, 1.165) is 6.04 Å². The Labute approximate surface area is 251 Å². The van der Waals surface area contributed by atoms with Gasteiger partial charge in [0.05, 0.1) is 0 Å². The fourth-order valence-corrected chi connectivity index (χ4v) is 4.23. The van der Waals surface area contributed by atoms with E-state index in [1.165, 1.54) is 54.2 Å². The quantitative estimate of drug-likeness (QED) is 0.183. The molecule has 4 heteroatoms. The Morgan fingerprint density at radius 3 is 1.28 bits per heavy atom. The first-order valence-electron chi connectivity index (χ1n) is 11.8. The van der Waals surface area contributed by atoms with E-state index in [9.17, 15) is 0 Å². The Morgan fingerprint density at radius 1 is 0.583 bits per heavy atom. The summed E-state index contributed by atoms with van der Waals surface area (Å²) in [6, 6.07) is 35.9. The molecule has 0 saturated carbocycles. The van der Waals surface area contributed by atoms with Gasteiger partial charge in [-0.2, -0.15) is 12.1 Å². The van der Waals surface area contributed by atoms with Crippen LogP contribution in [0.3, 0.4) is 0 Å². The molecule has 0 spiro atoms. The van der Waals surface area contributed by atoms with Crippen molar-refractivity contribution < 1.29 is 51.0 Å². The summed E-state index contributed by atoms with van der Waals surface area (Å²) in [4.78, 5) is 0. The molecule has 6 aromatic carbocycles. The third-order valence-electron chi connectivity index (χ3n) is 5.52. The van der Waals surface area contributed by atoms with Gasteiger partial charge in [0, 0.05) is 10.2 Å². The van der Waals surface area contributed by atoms with Crippen molar-refractivity contribution in [3.8, 4) is 0 Å². The molecule has 0 N–H and O–H groups in total. The number of halogens is 2. The number of hydrogen-bond acceptors (Lipinski definition) is 0. The smallest absolute Gasteiger partial charge is 1.00 e. The second-order valence-electron chi connectivity index (χ2n) is 8.00. The van der Waals surface area contributed by atoms with Gasteiger partial charge in [-0.05, 0) is 10.8 Å². The fourth-order valence-electron chi connectivity index (χ4n) is 4.23. The maximum absolute atomic E-state index is 3.18. The van der Waals surface area contributed by atoms with Crippen molar-refractivity contribution in [2.45, 2.75) is 40.7 Å². The zero-order valence-electron chi connectivity index (χ0n) is 21.7. The van der Waals surface area contributed by atoms with Gasteiger partial charge in [0.1, 0.15) is 0 Å². The van der Waals surface area contributed by atoms with Crippen LogP contribution in [0.5, 0.6) is 0 Å². The summed E-state index contributed by atoms with van der Waals surface area (Å²) in [5.74, 6) is 0. The van der Waals surface area contributed by atoms with Gasteiger partial charge < -0.3 is 24.8 Å². The standard InChI is InChI=1S/2C14H11.C2H5Si.C2H6.2ClH.Zr/c2*1-10-8-12-7-6-11-4-2-3-5-13(11)14(12)9-10;1-2-3;1-2;;;/h2*2-9H,1H3;2H2,1H3;1-2H3;2*1H;/q2*-1;;;;;+4/p-2. The molecule has 0 fully saturated rings. The maximum Gasteiger partial charge on any atom is 4.00 e. The van der Waals surface area contributed by atoms with Crippen molar-refractivity contribution in [2.75, 3.05) is 0 Å². The molecule has 0 unspecified atom stereocenters. The Bertz CT molecular complexity index is 1350. The molecule has 0 aliphatic carbocycles. The molecule has 0 amide bonds. The van der Waals surface area contributed by atoms with Crippen LogP contribution in [-0.4, -0.2) is 10.2 Å². The molecule has 3 radical (unpaired) electrons. The summed E-state index contributed by atoms with van der Waals surface area (Å²) in [5, 5.41) is 10.8.